The van der Waals surface area contributed by atoms with Gasteiger partial charge in [-0.05, 0) is 17.7 Å². The number of nitrogens with zero attached hydrogens (tertiary/aromatic N) is 3. The predicted octanol–water partition coefficient (Wildman–Crippen LogP) is 1.94. The fraction of sp³-hybridized carbons (Fsp3) is 0.0909. The van der Waals surface area contributed by atoms with Gasteiger partial charge < -0.3 is 4.57 Å². The van der Waals surface area contributed by atoms with Crippen LogP contribution in [-0.2, 0) is 6.54 Å². The predicted molar refractivity (Wildman–Crippen MR) is 52.4 cm³/mol. The molecule has 0 N–H and O–H groups in total. The lowest BCUT2D eigenvalue weighted by atomic mass is 10.1. The first-order valence-electron chi connectivity index (χ1n) is 4.44. The standard InChI is InChI=1S/C11H8FN3/c12-11-2-1-9(10(5-11)6-13)7-15-4-3-14-8-15/h1-5,8H,7H2. The van der Waals surface area contributed by atoms with Gasteiger partial charge in [0, 0.05) is 18.9 Å². The number of benzene rings is 1. The van der Waals surface area contributed by atoms with Gasteiger partial charge in [0.05, 0.1) is 18.0 Å². The van der Waals surface area contributed by atoms with Crippen molar-refractivity contribution < 1.29 is 4.39 Å². The Morgan fingerprint density at radius 1 is 1.47 bits per heavy atom. The van der Waals surface area contributed by atoms with Crippen LogP contribution in [0.25, 0.3) is 0 Å². The van der Waals surface area contributed by atoms with Crippen LogP contribution in [-0.4, -0.2) is 9.55 Å². The Labute approximate surface area is 86.4 Å². The first kappa shape index (κ1) is 9.41. The summed E-state index contributed by atoms with van der Waals surface area (Å²) in [6, 6.07) is 6.19. The highest BCUT2D eigenvalue weighted by Crippen LogP contribution is 2.11. The second kappa shape index (κ2) is 3.93. The monoisotopic (exact) mass is 201 g/mol. The zero-order valence-corrected chi connectivity index (χ0v) is 7.89. The molecule has 0 aliphatic heterocycles. The molecule has 1 heterocycles. The third-order valence-electron chi connectivity index (χ3n) is 2.10. The first-order chi connectivity index (χ1) is 7.29. The lowest BCUT2D eigenvalue weighted by Crippen LogP contribution is -1.99. The van der Waals surface area contributed by atoms with Crippen LogP contribution >= 0.6 is 0 Å². The molecule has 0 aliphatic rings. The average Bonchev–Trinajstić information content (AvgIpc) is 2.73. The molecule has 1 aromatic heterocycles. The van der Waals surface area contributed by atoms with Crippen molar-refractivity contribution >= 4 is 0 Å². The Hall–Kier alpha value is -2.15. The molecule has 2 rings (SSSR count). The lowest BCUT2D eigenvalue weighted by molar-refractivity contribution is 0.625. The van der Waals surface area contributed by atoms with Crippen molar-refractivity contribution in [1.82, 2.24) is 9.55 Å². The van der Waals surface area contributed by atoms with Crippen molar-refractivity contribution in [2.45, 2.75) is 6.54 Å². The number of imidazole rings is 1. The van der Waals surface area contributed by atoms with Gasteiger partial charge >= 0.3 is 0 Å². The van der Waals surface area contributed by atoms with Crippen LogP contribution in [0.4, 0.5) is 4.39 Å². The molecule has 0 amide bonds. The van der Waals surface area contributed by atoms with Gasteiger partial charge in [-0.3, -0.25) is 0 Å². The van der Waals surface area contributed by atoms with Gasteiger partial charge in [-0.25, -0.2) is 9.37 Å². The van der Waals surface area contributed by atoms with Crippen molar-refractivity contribution in [3.63, 3.8) is 0 Å². The SMILES string of the molecule is N#Cc1cc(F)ccc1Cn1ccnc1. The number of rotatable bonds is 2. The highest BCUT2D eigenvalue weighted by atomic mass is 19.1. The number of hydrogen-bond acceptors (Lipinski definition) is 2. The van der Waals surface area contributed by atoms with Gasteiger partial charge in [0.1, 0.15) is 5.82 Å². The molecule has 3 nitrogen and oxygen atoms in total. The number of nitriles is 1. The van der Waals surface area contributed by atoms with E-state index in [2.05, 4.69) is 4.98 Å². The summed E-state index contributed by atoms with van der Waals surface area (Å²) in [6.45, 7) is 0.531. The first-order valence-corrected chi connectivity index (χ1v) is 4.44. The maximum atomic E-state index is 12.8. The summed E-state index contributed by atoms with van der Waals surface area (Å²) in [5, 5.41) is 8.83. The maximum Gasteiger partial charge on any atom is 0.124 e. The summed E-state index contributed by atoms with van der Waals surface area (Å²) in [4.78, 5) is 3.90. The van der Waals surface area contributed by atoms with Gasteiger partial charge in [-0.1, -0.05) is 6.07 Å². The van der Waals surface area contributed by atoms with Crippen LogP contribution in [0.15, 0.2) is 36.9 Å². The molecule has 74 valence electrons. The lowest BCUT2D eigenvalue weighted by Gasteiger charge is -2.04. The Bertz CT molecular complexity index is 497. The molecule has 0 atom stereocenters. The largest absolute Gasteiger partial charge is 0.333 e. The third-order valence-corrected chi connectivity index (χ3v) is 2.10. The Morgan fingerprint density at radius 2 is 2.33 bits per heavy atom. The average molecular weight is 201 g/mol. The Morgan fingerprint density at radius 3 is 3.00 bits per heavy atom. The summed E-state index contributed by atoms with van der Waals surface area (Å²) < 4.78 is 14.7. The maximum absolute atomic E-state index is 12.8. The molecule has 2 aromatic rings. The minimum absolute atomic E-state index is 0.365. The number of halogens is 1. The van der Waals surface area contributed by atoms with E-state index in [0.717, 1.165) is 5.56 Å². The molecule has 0 spiro atoms. The van der Waals surface area contributed by atoms with E-state index in [1.54, 1.807) is 24.8 Å². The fourth-order valence-corrected chi connectivity index (χ4v) is 1.37. The summed E-state index contributed by atoms with van der Waals surface area (Å²) in [5.41, 5.74) is 1.15. The van der Waals surface area contributed by atoms with E-state index < -0.39 is 0 Å². The minimum atomic E-state index is -0.388. The van der Waals surface area contributed by atoms with Gasteiger partial charge in [0.25, 0.3) is 0 Å². The van der Waals surface area contributed by atoms with Crippen LogP contribution in [0.1, 0.15) is 11.1 Å². The molecule has 0 saturated heterocycles. The minimum Gasteiger partial charge on any atom is -0.333 e. The molecular weight excluding hydrogens is 193 g/mol. The Balaban J connectivity index is 2.33. The van der Waals surface area contributed by atoms with Crippen molar-refractivity contribution in [3.05, 3.63) is 53.9 Å². The summed E-state index contributed by atoms with van der Waals surface area (Å²) in [7, 11) is 0. The summed E-state index contributed by atoms with van der Waals surface area (Å²) in [5.74, 6) is -0.388. The quantitative estimate of drug-likeness (QED) is 0.745. The molecule has 1 aromatic carbocycles. The second-order valence-electron chi connectivity index (χ2n) is 3.15. The summed E-state index contributed by atoms with van der Waals surface area (Å²) >= 11 is 0. The van der Waals surface area contributed by atoms with Crippen LogP contribution in [0.3, 0.4) is 0 Å². The van der Waals surface area contributed by atoms with E-state index in [9.17, 15) is 4.39 Å². The second-order valence-corrected chi connectivity index (χ2v) is 3.15. The van der Waals surface area contributed by atoms with Gasteiger partial charge in [-0.15, -0.1) is 0 Å². The van der Waals surface area contributed by atoms with Crippen molar-refractivity contribution in [3.8, 4) is 6.07 Å². The van der Waals surface area contributed by atoms with Crippen LogP contribution in [0.5, 0.6) is 0 Å². The van der Waals surface area contributed by atoms with E-state index >= 15 is 0 Å². The summed E-state index contributed by atoms with van der Waals surface area (Å²) in [6.07, 6.45) is 5.12. The Kier molecular flexibility index (Phi) is 2.46. The van der Waals surface area contributed by atoms with E-state index in [4.69, 9.17) is 5.26 Å². The third kappa shape index (κ3) is 2.02. The molecule has 0 aliphatic carbocycles. The van der Waals surface area contributed by atoms with Crippen molar-refractivity contribution in [2.24, 2.45) is 0 Å². The molecule has 4 heteroatoms. The highest BCUT2D eigenvalue weighted by molar-refractivity contribution is 5.38. The van der Waals surface area contributed by atoms with Crippen molar-refractivity contribution in [2.75, 3.05) is 0 Å². The fourth-order valence-electron chi connectivity index (χ4n) is 1.37. The van der Waals surface area contributed by atoms with Crippen LogP contribution in [0, 0.1) is 17.1 Å². The zero-order valence-electron chi connectivity index (χ0n) is 7.89. The van der Waals surface area contributed by atoms with E-state index in [1.807, 2.05) is 10.6 Å². The van der Waals surface area contributed by atoms with Gasteiger partial charge in [0.2, 0.25) is 0 Å². The van der Waals surface area contributed by atoms with Crippen LogP contribution in [0.2, 0.25) is 0 Å². The van der Waals surface area contributed by atoms with E-state index in [1.165, 1.54) is 12.1 Å². The molecule has 15 heavy (non-hydrogen) atoms. The molecule has 0 unspecified atom stereocenters. The number of aromatic nitrogens is 2. The van der Waals surface area contributed by atoms with Gasteiger partial charge in [0.15, 0.2) is 0 Å². The van der Waals surface area contributed by atoms with Crippen molar-refractivity contribution in [1.29, 1.82) is 5.26 Å². The van der Waals surface area contributed by atoms with Crippen LogP contribution < -0.4 is 0 Å². The van der Waals surface area contributed by atoms with E-state index in [-0.39, 0.29) is 5.82 Å². The molecule has 0 fully saturated rings. The highest BCUT2D eigenvalue weighted by Gasteiger charge is 2.03. The molecule has 0 saturated carbocycles. The zero-order chi connectivity index (χ0) is 10.7. The number of hydrogen-bond donors (Lipinski definition) is 0. The molecular formula is C11H8FN3. The topological polar surface area (TPSA) is 41.6 Å². The smallest absolute Gasteiger partial charge is 0.124 e. The van der Waals surface area contributed by atoms with Gasteiger partial charge in [-0.2, -0.15) is 5.26 Å². The molecule has 0 bridgehead atoms. The normalized spacial score (nSPS) is 9.87. The van der Waals surface area contributed by atoms with E-state index in [0.29, 0.717) is 12.1 Å². The molecule has 0 radical (unpaired) electrons.